The van der Waals surface area contributed by atoms with Crippen LogP contribution in [0.1, 0.15) is 38.3 Å². The van der Waals surface area contributed by atoms with Crippen LogP contribution >= 0.6 is 0 Å². The molecule has 0 aliphatic carbocycles. The smallest absolute Gasteiger partial charge is 0.257 e. The lowest BCUT2D eigenvalue weighted by molar-refractivity contribution is 0.0717. The van der Waals surface area contributed by atoms with E-state index in [9.17, 15) is 9.59 Å². The number of amides is 2. The maximum Gasteiger partial charge on any atom is 0.257 e. The molecule has 0 radical (unpaired) electrons. The van der Waals surface area contributed by atoms with Crippen LogP contribution in [0.5, 0.6) is 5.75 Å². The number of aryl methyl sites for hydroxylation is 2. The Balaban J connectivity index is 1.74. The van der Waals surface area contributed by atoms with Gasteiger partial charge in [0.15, 0.2) is 0 Å². The van der Waals surface area contributed by atoms with E-state index in [1.807, 2.05) is 35.8 Å². The molecule has 1 aromatic carbocycles. The predicted molar refractivity (Wildman–Crippen MR) is 99.7 cm³/mol. The van der Waals surface area contributed by atoms with E-state index in [-0.39, 0.29) is 11.8 Å². The van der Waals surface area contributed by atoms with Crippen LogP contribution < -0.4 is 4.74 Å². The molecule has 0 saturated carbocycles. The van der Waals surface area contributed by atoms with Crippen molar-refractivity contribution in [2.75, 3.05) is 33.3 Å². The van der Waals surface area contributed by atoms with E-state index in [4.69, 9.17) is 4.74 Å². The Bertz CT molecular complexity index is 799. The molecule has 1 aliphatic rings. The highest BCUT2D eigenvalue weighted by atomic mass is 16.5. The maximum atomic E-state index is 13.0. The van der Waals surface area contributed by atoms with Crippen molar-refractivity contribution in [3.05, 3.63) is 52.8 Å². The summed E-state index contributed by atoms with van der Waals surface area (Å²) in [6.45, 7) is 6.32. The molecule has 1 fully saturated rings. The zero-order valence-corrected chi connectivity index (χ0v) is 15.5. The molecule has 2 aromatic rings. The second kappa shape index (κ2) is 7.64. The molecule has 26 heavy (non-hydrogen) atoms. The van der Waals surface area contributed by atoms with Crippen molar-refractivity contribution >= 4 is 11.8 Å². The second-order valence-electron chi connectivity index (χ2n) is 6.67. The third kappa shape index (κ3) is 3.59. The molecule has 1 saturated heterocycles. The molecule has 6 heteroatoms. The van der Waals surface area contributed by atoms with Crippen LogP contribution in [0.25, 0.3) is 0 Å². The number of carbonyl (C=O) groups excluding carboxylic acids is 2. The van der Waals surface area contributed by atoms with Crippen molar-refractivity contribution in [3.63, 3.8) is 0 Å². The summed E-state index contributed by atoms with van der Waals surface area (Å²) in [5, 5.41) is 0. The number of nitrogens with one attached hydrogen (secondary N) is 1. The van der Waals surface area contributed by atoms with Crippen LogP contribution in [0.15, 0.2) is 30.6 Å². The van der Waals surface area contributed by atoms with Crippen molar-refractivity contribution in [2.24, 2.45) is 0 Å². The molecule has 2 amide bonds. The van der Waals surface area contributed by atoms with E-state index >= 15 is 0 Å². The molecule has 2 heterocycles. The van der Waals surface area contributed by atoms with Gasteiger partial charge in [0.2, 0.25) is 0 Å². The van der Waals surface area contributed by atoms with Crippen LogP contribution in [-0.4, -0.2) is 59.9 Å². The zero-order chi connectivity index (χ0) is 18.7. The molecule has 0 unspecified atom stereocenters. The summed E-state index contributed by atoms with van der Waals surface area (Å²) in [6.07, 6.45) is 4.21. The monoisotopic (exact) mass is 355 g/mol. The van der Waals surface area contributed by atoms with Crippen LogP contribution in [0.3, 0.4) is 0 Å². The van der Waals surface area contributed by atoms with Gasteiger partial charge in [0.1, 0.15) is 5.75 Å². The fourth-order valence-corrected chi connectivity index (χ4v) is 3.26. The van der Waals surface area contributed by atoms with Gasteiger partial charge in [0.25, 0.3) is 11.8 Å². The quantitative estimate of drug-likeness (QED) is 0.920. The normalized spacial score (nSPS) is 14.9. The zero-order valence-electron chi connectivity index (χ0n) is 15.5. The van der Waals surface area contributed by atoms with Gasteiger partial charge >= 0.3 is 0 Å². The number of hydrogen-bond acceptors (Lipinski definition) is 3. The minimum atomic E-state index is -0.0408. The molecule has 1 N–H and O–H groups in total. The van der Waals surface area contributed by atoms with E-state index in [1.54, 1.807) is 25.6 Å². The number of aromatic nitrogens is 1. The molecule has 0 bridgehead atoms. The number of carbonyl (C=O) groups is 2. The topological polar surface area (TPSA) is 65.6 Å². The molecular weight excluding hydrogens is 330 g/mol. The lowest BCUT2D eigenvalue weighted by atomic mass is 10.0. The summed E-state index contributed by atoms with van der Waals surface area (Å²) < 4.78 is 5.42. The van der Waals surface area contributed by atoms with Gasteiger partial charge in [-0.15, -0.1) is 0 Å². The lowest BCUT2D eigenvalue weighted by Gasteiger charge is -2.23. The Morgan fingerprint density at radius 2 is 1.65 bits per heavy atom. The summed E-state index contributed by atoms with van der Waals surface area (Å²) in [5.74, 6) is 0.563. The third-order valence-corrected chi connectivity index (χ3v) is 4.96. The third-order valence-electron chi connectivity index (χ3n) is 4.96. The number of benzene rings is 1. The summed E-state index contributed by atoms with van der Waals surface area (Å²) >= 11 is 0. The molecular formula is C20H25N3O3. The molecule has 138 valence electrons. The highest BCUT2D eigenvalue weighted by molar-refractivity contribution is 5.97. The van der Waals surface area contributed by atoms with E-state index in [0.717, 1.165) is 17.5 Å². The Morgan fingerprint density at radius 3 is 2.27 bits per heavy atom. The summed E-state index contributed by atoms with van der Waals surface area (Å²) in [4.78, 5) is 32.1. The van der Waals surface area contributed by atoms with Crippen molar-refractivity contribution in [1.29, 1.82) is 0 Å². The molecule has 1 aromatic heterocycles. The van der Waals surface area contributed by atoms with Gasteiger partial charge in [-0.2, -0.15) is 0 Å². The van der Waals surface area contributed by atoms with Gasteiger partial charge in [0, 0.05) is 38.6 Å². The van der Waals surface area contributed by atoms with Crippen molar-refractivity contribution in [2.45, 2.75) is 20.3 Å². The first kappa shape index (κ1) is 18.0. The summed E-state index contributed by atoms with van der Waals surface area (Å²) in [5.41, 5.74) is 3.40. The first-order valence-corrected chi connectivity index (χ1v) is 8.88. The second-order valence-corrected chi connectivity index (χ2v) is 6.67. The summed E-state index contributed by atoms with van der Waals surface area (Å²) in [7, 11) is 1.58. The van der Waals surface area contributed by atoms with Crippen LogP contribution in [0, 0.1) is 13.8 Å². The summed E-state index contributed by atoms with van der Waals surface area (Å²) in [6, 6.07) is 5.57. The number of H-pyrrole nitrogens is 1. The van der Waals surface area contributed by atoms with Gasteiger partial charge in [-0.1, -0.05) is 0 Å². The fourth-order valence-electron chi connectivity index (χ4n) is 3.26. The standard InChI is InChI=1S/C20H25N3O3/c1-14-11-17(18(26-3)12-15(14)2)20(25)23-8-4-7-22(9-10-23)19(24)16-5-6-21-13-16/h5-6,11-13,21H,4,7-10H2,1-3H3. The van der Waals surface area contributed by atoms with Crippen LogP contribution in [-0.2, 0) is 0 Å². The largest absolute Gasteiger partial charge is 0.496 e. The maximum absolute atomic E-state index is 13.0. The minimum Gasteiger partial charge on any atom is -0.496 e. The Kier molecular flexibility index (Phi) is 5.30. The van der Waals surface area contributed by atoms with E-state index < -0.39 is 0 Å². The Labute approximate surface area is 153 Å². The molecule has 0 atom stereocenters. The average molecular weight is 355 g/mol. The number of rotatable bonds is 3. The SMILES string of the molecule is COc1cc(C)c(C)cc1C(=O)N1CCCN(C(=O)c2cc[nH]c2)CC1. The van der Waals surface area contributed by atoms with Crippen molar-refractivity contribution in [1.82, 2.24) is 14.8 Å². The lowest BCUT2D eigenvalue weighted by Crippen LogP contribution is -2.37. The number of aromatic amines is 1. The first-order chi connectivity index (χ1) is 12.5. The van der Waals surface area contributed by atoms with E-state index in [0.29, 0.717) is 43.1 Å². The average Bonchev–Trinajstić information content (AvgIpc) is 3.07. The minimum absolute atomic E-state index is 0.00399. The van der Waals surface area contributed by atoms with Gasteiger partial charge in [-0.25, -0.2) is 0 Å². The highest BCUT2D eigenvalue weighted by Gasteiger charge is 2.25. The van der Waals surface area contributed by atoms with Crippen molar-refractivity contribution < 1.29 is 14.3 Å². The molecule has 1 aliphatic heterocycles. The number of hydrogen-bond donors (Lipinski definition) is 1. The van der Waals surface area contributed by atoms with Gasteiger partial charge < -0.3 is 19.5 Å². The molecule has 0 spiro atoms. The van der Waals surface area contributed by atoms with Crippen LogP contribution in [0.2, 0.25) is 0 Å². The van der Waals surface area contributed by atoms with Gasteiger partial charge in [-0.3, -0.25) is 9.59 Å². The van der Waals surface area contributed by atoms with Crippen molar-refractivity contribution in [3.8, 4) is 5.75 Å². The molecule has 6 nitrogen and oxygen atoms in total. The van der Waals surface area contributed by atoms with E-state index in [2.05, 4.69) is 4.98 Å². The molecule has 3 rings (SSSR count). The van der Waals surface area contributed by atoms with Crippen LogP contribution in [0.4, 0.5) is 0 Å². The number of methoxy groups -OCH3 is 1. The number of nitrogens with zero attached hydrogens (tertiary/aromatic N) is 2. The highest BCUT2D eigenvalue weighted by Crippen LogP contribution is 2.25. The van der Waals surface area contributed by atoms with Gasteiger partial charge in [0.05, 0.1) is 18.2 Å². The number of ether oxygens (including phenoxy) is 1. The Morgan fingerprint density at radius 1 is 1.00 bits per heavy atom. The first-order valence-electron chi connectivity index (χ1n) is 8.88. The van der Waals surface area contributed by atoms with E-state index in [1.165, 1.54) is 0 Å². The van der Waals surface area contributed by atoms with Gasteiger partial charge in [-0.05, 0) is 49.6 Å². The fraction of sp³-hybridized carbons (Fsp3) is 0.400. The predicted octanol–water partition coefficient (Wildman–Crippen LogP) is 2.63. The Hall–Kier alpha value is -2.76.